The Morgan fingerprint density at radius 2 is 1.32 bits per heavy atom. The number of carbonyl (C=O) groups excluding carboxylic acids is 1. The quantitative estimate of drug-likeness (QED) is 0.0688. The number of nitrogens with two attached hydrogens (primary N) is 1. The zero-order chi connectivity index (χ0) is 29.5. The molecule has 0 aliphatic carbocycles. The van der Waals surface area contributed by atoms with Gasteiger partial charge in [0.25, 0.3) is 5.56 Å². The second-order valence-corrected chi connectivity index (χ2v) is 11.7. The third-order valence-corrected chi connectivity index (χ3v) is 7.94. The average molecular weight is 576 g/mol. The molecule has 0 spiro atoms. The van der Waals surface area contributed by atoms with Crippen LogP contribution in [0.25, 0.3) is 11.2 Å². The molecule has 0 saturated heterocycles. The Morgan fingerprint density at radius 3 is 1.83 bits per heavy atom. The maximum Gasteiger partial charge on any atom is 0.305 e. The number of esters is 1. The molecule has 9 nitrogen and oxygen atoms in total. The lowest BCUT2D eigenvalue weighted by atomic mass is 10.0. The first kappa shape index (κ1) is 34.8. The van der Waals surface area contributed by atoms with Crippen LogP contribution >= 0.6 is 0 Å². The zero-order valence-corrected chi connectivity index (χ0v) is 25.7. The first-order chi connectivity index (χ1) is 20.0. The van der Waals surface area contributed by atoms with Crippen LogP contribution in [0, 0.1) is 5.92 Å². The Morgan fingerprint density at radius 1 is 0.805 bits per heavy atom. The topological polar surface area (TPSA) is 147 Å². The van der Waals surface area contributed by atoms with Crippen LogP contribution in [0.4, 0.5) is 5.95 Å². The SMILES string of the molecule is CCCCCCCCCCCCCCCCCCCCCC(=O)OCCC(CO)Cc1nc2nc(N)[nH]c(=O)c2[nH]1. The molecule has 9 heteroatoms. The summed E-state index contributed by atoms with van der Waals surface area (Å²) in [6.45, 7) is 2.47. The number of unbranched alkanes of at least 4 members (excludes halogenated alkanes) is 18. The van der Waals surface area contributed by atoms with Crippen molar-refractivity contribution in [2.24, 2.45) is 5.92 Å². The number of hydrogen-bond acceptors (Lipinski definition) is 7. The molecule has 0 aromatic carbocycles. The van der Waals surface area contributed by atoms with E-state index in [1.165, 1.54) is 109 Å². The Bertz CT molecular complexity index is 1010. The van der Waals surface area contributed by atoms with Crippen LogP contribution in [0.5, 0.6) is 0 Å². The van der Waals surface area contributed by atoms with Gasteiger partial charge < -0.3 is 20.6 Å². The lowest BCUT2D eigenvalue weighted by Crippen LogP contribution is -2.15. The van der Waals surface area contributed by atoms with Crippen LogP contribution in [-0.4, -0.2) is 44.2 Å². The summed E-state index contributed by atoms with van der Waals surface area (Å²) in [6.07, 6.45) is 26.7. The minimum atomic E-state index is -0.379. The number of aromatic amines is 2. The van der Waals surface area contributed by atoms with Gasteiger partial charge in [0.15, 0.2) is 11.2 Å². The molecule has 0 amide bonds. The van der Waals surface area contributed by atoms with Crippen molar-refractivity contribution in [2.75, 3.05) is 18.9 Å². The van der Waals surface area contributed by atoms with E-state index in [0.717, 1.165) is 12.8 Å². The summed E-state index contributed by atoms with van der Waals surface area (Å²) in [5.41, 5.74) is 5.69. The van der Waals surface area contributed by atoms with Gasteiger partial charge >= 0.3 is 5.97 Å². The Kier molecular flexibility index (Phi) is 18.8. The number of aliphatic hydroxyl groups is 1. The van der Waals surface area contributed by atoms with Gasteiger partial charge in [-0.15, -0.1) is 0 Å². The molecule has 2 aromatic heterocycles. The number of nitrogens with one attached hydrogen (secondary N) is 2. The van der Waals surface area contributed by atoms with Crippen molar-refractivity contribution in [2.45, 2.75) is 148 Å². The van der Waals surface area contributed by atoms with E-state index < -0.39 is 0 Å². The van der Waals surface area contributed by atoms with Crippen molar-refractivity contribution in [3.8, 4) is 0 Å². The van der Waals surface area contributed by atoms with Crippen LogP contribution in [0.3, 0.4) is 0 Å². The van der Waals surface area contributed by atoms with Crippen LogP contribution in [0.2, 0.25) is 0 Å². The highest BCUT2D eigenvalue weighted by Crippen LogP contribution is 2.16. The Hall–Kier alpha value is -2.42. The number of nitrogens with zero attached hydrogens (tertiary/aromatic N) is 2. The van der Waals surface area contributed by atoms with E-state index in [0.29, 0.717) is 25.1 Å². The van der Waals surface area contributed by atoms with Gasteiger partial charge in [0, 0.05) is 19.4 Å². The average Bonchev–Trinajstić information content (AvgIpc) is 3.36. The molecule has 2 heterocycles. The highest BCUT2D eigenvalue weighted by atomic mass is 16.5. The van der Waals surface area contributed by atoms with Gasteiger partial charge in [-0.3, -0.25) is 14.6 Å². The van der Waals surface area contributed by atoms with Crippen molar-refractivity contribution < 1.29 is 14.6 Å². The fraction of sp³-hybridized carbons (Fsp3) is 0.812. The fourth-order valence-corrected chi connectivity index (χ4v) is 5.36. The molecule has 0 bridgehead atoms. The summed E-state index contributed by atoms with van der Waals surface area (Å²) < 4.78 is 5.38. The minimum absolute atomic E-state index is 0.0104. The number of carbonyl (C=O) groups is 1. The van der Waals surface area contributed by atoms with Gasteiger partial charge in [-0.05, 0) is 18.8 Å². The van der Waals surface area contributed by atoms with Gasteiger partial charge in [-0.1, -0.05) is 122 Å². The predicted molar refractivity (Wildman–Crippen MR) is 167 cm³/mol. The van der Waals surface area contributed by atoms with Crippen molar-refractivity contribution in [1.29, 1.82) is 0 Å². The molecule has 234 valence electrons. The van der Waals surface area contributed by atoms with Crippen molar-refractivity contribution in [3.05, 3.63) is 16.2 Å². The van der Waals surface area contributed by atoms with E-state index in [-0.39, 0.29) is 47.8 Å². The van der Waals surface area contributed by atoms with Gasteiger partial charge in [-0.25, -0.2) is 4.98 Å². The third-order valence-electron chi connectivity index (χ3n) is 7.94. The third kappa shape index (κ3) is 16.0. The molecule has 1 unspecified atom stereocenters. The lowest BCUT2D eigenvalue weighted by molar-refractivity contribution is -0.144. The second kappa shape index (κ2) is 22.2. The van der Waals surface area contributed by atoms with Gasteiger partial charge in [-0.2, -0.15) is 4.98 Å². The summed E-state index contributed by atoms with van der Waals surface area (Å²) in [4.78, 5) is 37.7. The fourth-order valence-electron chi connectivity index (χ4n) is 5.36. The van der Waals surface area contributed by atoms with E-state index in [9.17, 15) is 14.7 Å². The van der Waals surface area contributed by atoms with Crippen LogP contribution in [-0.2, 0) is 16.0 Å². The Labute approximate surface area is 246 Å². The monoisotopic (exact) mass is 575 g/mol. The van der Waals surface area contributed by atoms with Gasteiger partial charge in [0.2, 0.25) is 5.95 Å². The number of aromatic nitrogens is 4. The summed E-state index contributed by atoms with van der Waals surface area (Å²) in [5.74, 6) is 0.234. The standard InChI is InChI=1S/C32H57N5O4/c1-2-3-4-5-6-7-8-9-10-11-12-13-14-15-16-17-18-19-20-21-28(39)41-23-22-26(25-38)24-27-34-29-30(35-27)36-32(33)37-31(29)40/h26,38H,2-25H2,1H3,(H4,33,34,35,36,37,40). The maximum absolute atomic E-state index is 12.1. The first-order valence-electron chi connectivity index (χ1n) is 16.5. The van der Waals surface area contributed by atoms with E-state index >= 15 is 0 Å². The summed E-state index contributed by atoms with van der Waals surface area (Å²) in [7, 11) is 0. The molecule has 2 rings (SSSR count). The number of hydrogen-bond donors (Lipinski definition) is 4. The molecule has 2 aromatic rings. The molecule has 5 N–H and O–H groups in total. The molecular formula is C32H57N5O4. The number of ether oxygens (including phenoxy) is 1. The molecule has 0 aliphatic heterocycles. The highest BCUT2D eigenvalue weighted by Gasteiger charge is 2.15. The van der Waals surface area contributed by atoms with E-state index in [4.69, 9.17) is 10.5 Å². The summed E-state index contributed by atoms with van der Waals surface area (Å²) in [5, 5.41) is 9.72. The molecule has 0 fully saturated rings. The molecule has 41 heavy (non-hydrogen) atoms. The number of aliphatic hydroxyl groups excluding tert-OH is 1. The highest BCUT2D eigenvalue weighted by molar-refractivity contribution is 5.70. The number of fused-ring (bicyclic) bond motifs is 1. The van der Waals surface area contributed by atoms with Crippen molar-refractivity contribution >= 4 is 23.1 Å². The second-order valence-electron chi connectivity index (χ2n) is 11.7. The summed E-state index contributed by atoms with van der Waals surface area (Å²) >= 11 is 0. The van der Waals surface area contributed by atoms with E-state index in [1.54, 1.807) is 0 Å². The van der Waals surface area contributed by atoms with Crippen molar-refractivity contribution in [3.63, 3.8) is 0 Å². The normalized spacial score (nSPS) is 12.2. The molecule has 0 saturated carbocycles. The molecule has 0 aliphatic rings. The Balaban J connectivity index is 1.37. The number of rotatable bonds is 26. The lowest BCUT2D eigenvalue weighted by Gasteiger charge is -2.12. The van der Waals surface area contributed by atoms with Crippen LogP contribution in [0.15, 0.2) is 4.79 Å². The predicted octanol–water partition coefficient (Wildman–Crippen LogP) is 7.13. The summed E-state index contributed by atoms with van der Waals surface area (Å²) in [6, 6.07) is 0. The van der Waals surface area contributed by atoms with Crippen LogP contribution < -0.4 is 11.3 Å². The van der Waals surface area contributed by atoms with E-state index in [1.807, 2.05) is 0 Å². The zero-order valence-electron chi connectivity index (χ0n) is 25.7. The smallest absolute Gasteiger partial charge is 0.305 e. The number of H-pyrrole nitrogens is 2. The van der Waals surface area contributed by atoms with Gasteiger partial charge in [0.05, 0.1) is 6.61 Å². The molecule has 1 atom stereocenters. The van der Waals surface area contributed by atoms with E-state index in [2.05, 4.69) is 26.9 Å². The maximum atomic E-state index is 12.1. The largest absolute Gasteiger partial charge is 0.466 e. The number of nitrogen functional groups attached to an aromatic ring is 1. The molecular weight excluding hydrogens is 518 g/mol. The van der Waals surface area contributed by atoms with Crippen molar-refractivity contribution in [1.82, 2.24) is 19.9 Å². The van der Waals surface area contributed by atoms with Crippen LogP contribution in [0.1, 0.15) is 148 Å². The number of imidazole rings is 1. The molecule has 0 radical (unpaired) electrons. The first-order valence-corrected chi connectivity index (χ1v) is 16.5. The number of anilines is 1. The van der Waals surface area contributed by atoms with Gasteiger partial charge in [0.1, 0.15) is 5.82 Å². The minimum Gasteiger partial charge on any atom is -0.466 e.